The summed E-state index contributed by atoms with van der Waals surface area (Å²) in [5.74, 6) is 0. The van der Waals surface area contributed by atoms with E-state index >= 15 is 0 Å². The number of thiophene rings is 1. The number of hydrogen-bond acceptors (Lipinski definition) is 4. The average molecular weight is 260 g/mol. The zero-order chi connectivity index (χ0) is 11.7. The van der Waals surface area contributed by atoms with Gasteiger partial charge in [0.2, 0.25) is 0 Å². The van der Waals surface area contributed by atoms with Crippen LogP contribution in [0.15, 0.2) is 66.2 Å². The van der Waals surface area contributed by atoms with Crippen LogP contribution in [0.5, 0.6) is 0 Å². The zero-order valence-electron chi connectivity index (χ0n) is 8.75. The van der Waals surface area contributed by atoms with Gasteiger partial charge in [-0.05, 0) is 17.5 Å². The summed E-state index contributed by atoms with van der Waals surface area (Å²) >= 11 is 3.26. The van der Waals surface area contributed by atoms with Crippen LogP contribution in [0.1, 0.15) is 0 Å². The van der Waals surface area contributed by atoms with Gasteiger partial charge in [-0.2, -0.15) is 0 Å². The third kappa shape index (κ3) is 2.14. The smallest absolute Gasteiger partial charge is 0.337 e. The molecule has 0 aliphatic heterocycles. The summed E-state index contributed by atoms with van der Waals surface area (Å²) in [6.07, 6.45) is 0. The standard InChI is InChI=1S/C13H8O2S2/c14-12-8-11(17-13-6-3-7-16-13)9-4-1-2-5-10(9)15-12/h1-8H. The first-order chi connectivity index (χ1) is 8.33. The number of para-hydroxylation sites is 1. The molecule has 3 aromatic rings. The fraction of sp³-hybridized carbons (Fsp3) is 0. The van der Waals surface area contributed by atoms with Gasteiger partial charge in [0.15, 0.2) is 0 Å². The lowest BCUT2D eigenvalue weighted by molar-refractivity contribution is 0.557. The molecule has 3 rings (SSSR count). The Balaban J connectivity index is 2.18. The Bertz CT molecular complexity index is 699. The van der Waals surface area contributed by atoms with Crippen LogP contribution in [0.25, 0.3) is 11.0 Å². The molecule has 17 heavy (non-hydrogen) atoms. The molecular weight excluding hydrogens is 252 g/mol. The van der Waals surface area contributed by atoms with E-state index in [1.165, 1.54) is 4.21 Å². The minimum atomic E-state index is -0.303. The Kier molecular flexibility index (Phi) is 2.74. The SMILES string of the molecule is O=c1cc(Sc2cccs2)c2ccccc2o1. The van der Waals surface area contributed by atoms with E-state index in [9.17, 15) is 4.79 Å². The molecule has 0 aliphatic carbocycles. The highest BCUT2D eigenvalue weighted by molar-refractivity contribution is 8.01. The number of fused-ring (bicyclic) bond motifs is 1. The molecule has 0 bridgehead atoms. The van der Waals surface area contributed by atoms with Crippen molar-refractivity contribution in [1.29, 1.82) is 0 Å². The number of benzene rings is 1. The lowest BCUT2D eigenvalue weighted by Gasteiger charge is -2.02. The molecule has 0 radical (unpaired) electrons. The van der Waals surface area contributed by atoms with Gasteiger partial charge in [-0.3, -0.25) is 0 Å². The second kappa shape index (κ2) is 4.39. The maximum absolute atomic E-state index is 11.5. The number of hydrogen-bond donors (Lipinski definition) is 0. The predicted octanol–water partition coefficient (Wildman–Crippen LogP) is 4.01. The third-order valence-electron chi connectivity index (χ3n) is 2.32. The van der Waals surface area contributed by atoms with Gasteiger partial charge in [0, 0.05) is 16.3 Å². The molecule has 0 amide bonds. The van der Waals surface area contributed by atoms with Gasteiger partial charge in [-0.25, -0.2) is 4.79 Å². The van der Waals surface area contributed by atoms with E-state index in [-0.39, 0.29) is 5.63 Å². The molecule has 0 spiro atoms. The lowest BCUT2D eigenvalue weighted by atomic mass is 10.2. The van der Waals surface area contributed by atoms with Gasteiger partial charge in [-0.1, -0.05) is 36.0 Å². The predicted molar refractivity (Wildman–Crippen MR) is 70.9 cm³/mol. The van der Waals surface area contributed by atoms with Crippen LogP contribution < -0.4 is 5.63 Å². The Morgan fingerprint density at radius 3 is 2.82 bits per heavy atom. The fourth-order valence-corrected chi connectivity index (χ4v) is 3.47. The summed E-state index contributed by atoms with van der Waals surface area (Å²) in [6.45, 7) is 0. The molecule has 1 aromatic carbocycles. The van der Waals surface area contributed by atoms with Gasteiger partial charge in [0.05, 0.1) is 4.21 Å². The monoisotopic (exact) mass is 260 g/mol. The zero-order valence-corrected chi connectivity index (χ0v) is 10.4. The quantitative estimate of drug-likeness (QED) is 0.652. The van der Waals surface area contributed by atoms with E-state index in [4.69, 9.17) is 4.42 Å². The van der Waals surface area contributed by atoms with Crippen LogP contribution in [0.3, 0.4) is 0 Å². The van der Waals surface area contributed by atoms with Gasteiger partial charge >= 0.3 is 5.63 Å². The third-order valence-corrected chi connectivity index (χ3v) is 4.41. The van der Waals surface area contributed by atoms with Gasteiger partial charge in [0.25, 0.3) is 0 Å². The van der Waals surface area contributed by atoms with Crippen molar-refractivity contribution in [2.75, 3.05) is 0 Å². The Hall–Kier alpha value is -1.52. The Morgan fingerprint density at radius 2 is 2.00 bits per heavy atom. The largest absolute Gasteiger partial charge is 0.423 e. The van der Waals surface area contributed by atoms with Crippen LogP contribution in [-0.2, 0) is 0 Å². The molecule has 0 saturated heterocycles. The molecule has 0 saturated carbocycles. The highest BCUT2D eigenvalue weighted by Crippen LogP contribution is 2.34. The van der Waals surface area contributed by atoms with Crippen molar-refractivity contribution in [3.8, 4) is 0 Å². The van der Waals surface area contributed by atoms with E-state index in [0.29, 0.717) is 5.58 Å². The van der Waals surface area contributed by atoms with Crippen molar-refractivity contribution in [3.05, 3.63) is 58.3 Å². The molecule has 4 heteroatoms. The van der Waals surface area contributed by atoms with Crippen LogP contribution in [0, 0.1) is 0 Å². The fourth-order valence-electron chi connectivity index (χ4n) is 1.60. The maximum atomic E-state index is 11.5. The number of rotatable bonds is 2. The molecule has 0 aliphatic rings. The van der Waals surface area contributed by atoms with Gasteiger partial charge < -0.3 is 4.42 Å². The molecule has 0 unspecified atom stereocenters. The second-order valence-corrected chi connectivity index (χ2v) is 5.75. The summed E-state index contributed by atoms with van der Waals surface area (Å²) in [7, 11) is 0. The van der Waals surface area contributed by atoms with Crippen molar-refractivity contribution in [2.45, 2.75) is 9.10 Å². The Morgan fingerprint density at radius 1 is 1.12 bits per heavy atom. The summed E-state index contributed by atoms with van der Waals surface area (Å²) in [6, 6.07) is 13.2. The van der Waals surface area contributed by atoms with E-state index in [1.807, 2.05) is 41.8 Å². The summed E-state index contributed by atoms with van der Waals surface area (Å²) in [5.41, 5.74) is 0.335. The molecule has 2 aromatic heterocycles. The average Bonchev–Trinajstić information content (AvgIpc) is 2.81. The molecule has 0 fully saturated rings. The second-order valence-electron chi connectivity index (χ2n) is 3.46. The summed E-state index contributed by atoms with van der Waals surface area (Å²) in [5, 5.41) is 3.00. The minimum absolute atomic E-state index is 0.303. The highest BCUT2D eigenvalue weighted by atomic mass is 32.2. The van der Waals surface area contributed by atoms with E-state index in [2.05, 4.69) is 0 Å². The van der Waals surface area contributed by atoms with E-state index in [1.54, 1.807) is 29.2 Å². The van der Waals surface area contributed by atoms with E-state index < -0.39 is 0 Å². The van der Waals surface area contributed by atoms with Gasteiger partial charge in [-0.15, -0.1) is 11.3 Å². The van der Waals surface area contributed by atoms with Crippen molar-refractivity contribution in [1.82, 2.24) is 0 Å². The van der Waals surface area contributed by atoms with Crippen LogP contribution in [0.4, 0.5) is 0 Å². The van der Waals surface area contributed by atoms with Crippen molar-refractivity contribution in [2.24, 2.45) is 0 Å². The lowest BCUT2D eigenvalue weighted by Crippen LogP contribution is -1.96. The topological polar surface area (TPSA) is 30.2 Å². The molecule has 2 heterocycles. The first kappa shape index (κ1) is 10.6. The normalized spacial score (nSPS) is 10.8. The van der Waals surface area contributed by atoms with Crippen molar-refractivity contribution < 1.29 is 4.42 Å². The van der Waals surface area contributed by atoms with Crippen molar-refractivity contribution in [3.63, 3.8) is 0 Å². The van der Waals surface area contributed by atoms with Crippen LogP contribution in [0.2, 0.25) is 0 Å². The first-order valence-electron chi connectivity index (χ1n) is 5.07. The summed E-state index contributed by atoms with van der Waals surface area (Å²) < 4.78 is 6.32. The van der Waals surface area contributed by atoms with Crippen LogP contribution in [-0.4, -0.2) is 0 Å². The highest BCUT2D eigenvalue weighted by Gasteiger charge is 2.06. The first-order valence-corrected chi connectivity index (χ1v) is 6.77. The molecule has 0 N–H and O–H groups in total. The Labute approximate surface area is 106 Å². The minimum Gasteiger partial charge on any atom is -0.423 e. The molecule has 0 atom stereocenters. The van der Waals surface area contributed by atoms with Crippen LogP contribution >= 0.6 is 23.1 Å². The van der Waals surface area contributed by atoms with Gasteiger partial charge in [0.1, 0.15) is 5.58 Å². The molecular formula is C13H8O2S2. The van der Waals surface area contributed by atoms with Crippen molar-refractivity contribution >= 4 is 34.1 Å². The molecule has 2 nitrogen and oxygen atoms in total. The molecule has 84 valence electrons. The summed E-state index contributed by atoms with van der Waals surface area (Å²) in [4.78, 5) is 12.4. The maximum Gasteiger partial charge on any atom is 0.337 e. The van der Waals surface area contributed by atoms with E-state index in [0.717, 1.165) is 10.3 Å².